The quantitative estimate of drug-likeness (QED) is 0.536. The molecule has 2 atom stereocenters. The van der Waals surface area contributed by atoms with E-state index in [1.807, 2.05) is 0 Å². The Balaban J connectivity index is 3.00. The van der Waals surface area contributed by atoms with Crippen molar-refractivity contribution in [3.8, 4) is 0 Å². The highest BCUT2D eigenvalue weighted by atomic mass is 14.5. The van der Waals surface area contributed by atoms with Gasteiger partial charge in [-0.15, -0.1) is 0 Å². The summed E-state index contributed by atoms with van der Waals surface area (Å²) in [5.74, 6) is 4.38. The van der Waals surface area contributed by atoms with Gasteiger partial charge in [-0.2, -0.15) is 0 Å². The molecule has 0 nitrogen and oxygen atoms in total. The van der Waals surface area contributed by atoms with E-state index in [0.29, 0.717) is 10.8 Å². The van der Waals surface area contributed by atoms with Gasteiger partial charge in [0.2, 0.25) is 0 Å². The maximum Gasteiger partial charge on any atom is -0.0334 e. The second-order valence-corrected chi connectivity index (χ2v) is 9.28. The van der Waals surface area contributed by atoms with E-state index in [-0.39, 0.29) is 0 Å². The van der Waals surface area contributed by atoms with E-state index in [4.69, 9.17) is 0 Å². The van der Waals surface area contributed by atoms with E-state index >= 15 is 0 Å². The summed E-state index contributed by atoms with van der Waals surface area (Å²) >= 11 is 0. The molecular weight excluding hydrogens is 216 g/mol. The van der Waals surface area contributed by atoms with Gasteiger partial charge >= 0.3 is 0 Å². The van der Waals surface area contributed by atoms with Crippen LogP contribution in [0.1, 0.15) is 75.2 Å². The average molecular weight is 252 g/mol. The van der Waals surface area contributed by atoms with Crippen LogP contribution in [0.5, 0.6) is 0 Å². The van der Waals surface area contributed by atoms with Gasteiger partial charge < -0.3 is 0 Å². The predicted octanol–water partition coefficient (Wildman–Crippen LogP) is 6.01. The second-order valence-electron chi connectivity index (χ2n) is 9.28. The number of rotatable bonds is 1. The van der Waals surface area contributed by atoms with Gasteiger partial charge in [0, 0.05) is 0 Å². The Morgan fingerprint density at radius 3 is 1.33 bits per heavy atom. The molecule has 1 aliphatic rings. The van der Waals surface area contributed by atoms with E-state index in [0.717, 1.165) is 29.6 Å². The van der Waals surface area contributed by atoms with Crippen LogP contribution < -0.4 is 0 Å². The highest BCUT2D eigenvalue weighted by molar-refractivity contribution is 4.94. The molecule has 0 heterocycles. The first-order valence-corrected chi connectivity index (χ1v) is 7.94. The van der Waals surface area contributed by atoms with Crippen molar-refractivity contribution >= 4 is 0 Å². The van der Waals surface area contributed by atoms with Crippen molar-refractivity contribution in [2.75, 3.05) is 0 Å². The molecule has 0 bridgehead atoms. The zero-order valence-corrected chi connectivity index (χ0v) is 14.3. The first kappa shape index (κ1) is 16.1. The van der Waals surface area contributed by atoms with Crippen molar-refractivity contribution in [2.45, 2.75) is 75.2 Å². The van der Waals surface area contributed by atoms with Gasteiger partial charge in [0.05, 0.1) is 0 Å². The van der Waals surface area contributed by atoms with Crippen molar-refractivity contribution in [1.29, 1.82) is 0 Å². The molecule has 0 spiro atoms. The van der Waals surface area contributed by atoms with Crippen molar-refractivity contribution < 1.29 is 0 Å². The SMILES string of the molecule is CC(C)C1CC(C(C)(C)C)C(C)C(C(C)(C)C)C1. The fraction of sp³-hybridized carbons (Fsp3) is 1.00. The molecule has 0 radical (unpaired) electrons. The lowest BCUT2D eigenvalue weighted by Crippen LogP contribution is -2.43. The third kappa shape index (κ3) is 3.52. The first-order valence-electron chi connectivity index (χ1n) is 7.94. The van der Waals surface area contributed by atoms with Gasteiger partial charge in [0.25, 0.3) is 0 Å². The Kier molecular flexibility index (Phi) is 4.62. The third-order valence-electron chi connectivity index (χ3n) is 5.55. The Hall–Kier alpha value is 0. The van der Waals surface area contributed by atoms with Crippen LogP contribution in [0.25, 0.3) is 0 Å². The normalized spacial score (nSPS) is 35.0. The minimum Gasteiger partial charge on any atom is -0.0625 e. The molecule has 1 aliphatic carbocycles. The van der Waals surface area contributed by atoms with Gasteiger partial charge in [0.1, 0.15) is 0 Å². The predicted molar refractivity (Wildman–Crippen MR) is 82.6 cm³/mol. The summed E-state index contributed by atoms with van der Waals surface area (Å²) in [6.45, 7) is 22.0. The lowest BCUT2D eigenvalue weighted by Gasteiger charge is -2.51. The van der Waals surface area contributed by atoms with Gasteiger partial charge in [-0.25, -0.2) is 0 Å². The summed E-state index contributed by atoms with van der Waals surface area (Å²) in [6.07, 6.45) is 2.88. The van der Waals surface area contributed by atoms with Crippen LogP contribution in [0.4, 0.5) is 0 Å². The molecule has 0 heteroatoms. The van der Waals surface area contributed by atoms with Crippen LogP contribution in [0.2, 0.25) is 0 Å². The molecule has 0 saturated heterocycles. The number of hydrogen-bond acceptors (Lipinski definition) is 0. The lowest BCUT2D eigenvalue weighted by molar-refractivity contribution is -0.0196. The maximum atomic E-state index is 2.52. The Bertz CT molecular complexity index is 237. The lowest BCUT2D eigenvalue weighted by atomic mass is 9.54. The van der Waals surface area contributed by atoms with E-state index in [2.05, 4.69) is 62.3 Å². The van der Waals surface area contributed by atoms with Crippen molar-refractivity contribution in [2.24, 2.45) is 40.4 Å². The van der Waals surface area contributed by atoms with E-state index < -0.39 is 0 Å². The van der Waals surface area contributed by atoms with E-state index in [9.17, 15) is 0 Å². The topological polar surface area (TPSA) is 0 Å². The minimum absolute atomic E-state index is 0.455. The van der Waals surface area contributed by atoms with Crippen molar-refractivity contribution in [3.63, 3.8) is 0 Å². The maximum absolute atomic E-state index is 2.52. The van der Waals surface area contributed by atoms with Gasteiger partial charge in [0.15, 0.2) is 0 Å². The smallest absolute Gasteiger partial charge is 0.0334 e. The van der Waals surface area contributed by atoms with Gasteiger partial charge in [-0.1, -0.05) is 62.3 Å². The monoisotopic (exact) mass is 252 g/mol. The summed E-state index contributed by atoms with van der Waals surface area (Å²) in [7, 11) is 0. The summed E-state index contributed by atoms with van der Waals surface area (Å²) in [4.78, 5) is 0. The highest BCUT2D eigenvalue weighted by Gasteiger charge is 2.44. The Morgan fingerprint density at radius 1 is 0.778 bits per heavy atom. The zero-order chi connectivity index (χ0) is 14.3. The molecule has 1 fully saturated rings. The van der Waals surface area contributed by atoms with Crippen LogP contribution in [-0.2, 0) is 0 Å². The molecule has 1 saturated carbocycles. The molecule has 1 rings (SSSR count). The van der Waals surface area contributed by atoms with Crippen LogP contribution in [-0.4, -0.2) is 0 Å². The summed E-state index contributed by atoms with van der Waals surface area (Å²) in [6, 6.07) is 0. The molecule has 108 valence electrons. The summed E-state index contributed by atoms with van der Waals surface area (Å²) in [5, 5.41) is 0. The molecule has 2 unspecified atom stereocenters. The molecule has 0 aromatic rings. The fourth-order valence-corrected chi connectivity index (χ4v) is 4.29. The number of hydrogen-bond donors (Lipinski definition) is 0. The standard InChI is InChI=1S/C18H36/c1-12(2)14-10-15(17(4,5)6)13(3)16(11-14)18(7,8)9/h12-16H,10-11H2,1-9H3. The minimum atomic E-state index is 0.455. The van der Waals surface area contributed by atoms with Crippen LogP contribution in [0, 0.1) is 40.4 Å². The zero-order valence-electron chi connectivity index (χ0n) is 14.3. The highest BCUT2D eigenvalue weighted by Crippen LogP contribution is 2.52. The van der Waals surface area contributed by atoms with Crippen molar-refractivity contribution in [3.05, 3.63) is 0 Å². The summed E-state index contributed by atoms with van der Waals surface area (Å²) < 4.78 is 0. The molecule has 0 aliphatic heterocycles. The molecule has 18 heavy (non-hydrogen) atoms. The fourth-order valence-electron chi connectivity index (χ4n) is 4.29. The van der Waals surface area contributed by atoms with Crippen LogP contribution >= 0.6 is 0 Å². The first-order chi connectivity index (χ1) is 7.94. The average Bonchev–Trinajstić information content (AvgIpc) is 2.13. The summed E-state index contributed by atoms with van der Waals surface area (Å²) in [5.41, 5.74) is 0.910. The van der Waals surface area contributed by atoms with Crippen LogP contribution in [0.3, 0.4) is 0 Å². The van der Waals surface area contributed by atoms with Gasteiger partial charge in [-0.3, -0.25) is 0 Å². The molecule has 0 amide bonds. The molecule has 0 aromatic heterocycles. The van der Waals surface area contributed by atoms with Crippen molar-refractivity contribution in [1.82, 2.24) is 0 Å². The third-order valence-corrected chi connectivity index (χ3v) is 5.55. The Morgan fingerprint density at radius 2 is 1.11 bits per heavy atom. The van der Waals surface area contributed by atoms with E-state index in [1.54, 1.807) is 0 Å². The van der Waals surface area contributed by atoms with Crippen LogP contribution in [0.15, 0.2) is 0 Å². The van der Waals surface area contributed by atoms with E-state index in [1.165, 1.54) is 12.8 Å². The largest absolute Gasteiger partial charge is 0.0625 e. The van der Waals surface area contributed by atoms with Gasteiger partial charge in [-0.05, 0) is 53.3 Å². The molecule has 0 aromatic carbocycles. The second kappa shape index (κ2) is 5.17. The Labute approximate surface area is 116 Å². The molecule has 0 N–H and O–H groups in total. The molecular formula is C18H36.